The van der Waals surface area contributed by atoms with Crippen LogP contribution in [0.2, 0.25) is 0 Å². The highest BCUT2D eigenvalue weighted by Gasteiger charge is 2.73. The molecule has 1 aromatic carbocycles. The van der Waals surface area contributed by atoms with Crippen molar-refractivity contribution in [1.29, 1.82) is 0 Å². The van der Waals surface area contributed by atoms with E-state index in [9.17, 15) is 5.11 Å². The fourth-order valence-electron chi connectivity index (χ4n) is 5.81. The fraction of sp³-hybridized carbons (Fsp3) is 0.652. The van der Waals surface area contributed by atoms with E-state index in [0.29, 0.717) is 5.92 Å². The smallest absolute Gasteiger partial charge is 0.230 e. The van der Waals surface area contributed by atoms with Gasteiger partial charge < -0.3 is 19.3 Å². The summed E-state index contributed by atoms with van der Waals surface area (Å²) in [5.74, 6) is -0.419. The van der Waals surface area contributed by atoms with Gasteiger partial charge in [0.05, 0.1) is 6.26 Å². The molecule has 1 spiro atoms. The summed E-state index contributed by atoms with van der Waals surface area (Å²) in [7, 11) is 0. The van der Waals surface area contributed by atoms with E-state index in [4.69, 9.17) is 24.0 Å². The SMILES string of the molecule is C[C@@H]1CC[C@@H]2[C@]34OO[C@@](C)(CC[C@@H]13)O[C@H]4OC(O/C=C/c1ccccc1)[C@]2(C)O. The van der Waals surface area contributed by atoms with Crippen LogP contribution in [0, 0.1) is 17.8 Å². The molecular formula is C23H30O6. The molecule has 8 atom stereocenters. The Morgan fingerprint density at radius 3 is 2.69 bits per heavy atom. The van der Waals surface area contributed by atoms with Crippen molar-refractivity contribution in [1.82, 2.24) is 0 Å². The topological polar surface area (TPSA) is 66.4 Å². The van der Waals surface area contributed by atoms with Gasteiger partial charge in [-0.1, -0.05) is 37.3 Å². The zero-order chi connectivity index (χ0) is 20.3. The Labute approximate surface area is 171 Å². The third-order valence-electron chi connectivity index (χ3n) is 7.41. The van der Waals surface area contributed by atoms with Crippen LogP contribution in [0.4, 0.5) is 0 Å². The molecule has 1 unspecified atom stereocenters. The van der Waals surface area contributed by atoms with Gasteiger partial charge in [-0.15, -0.1) is 0 Å². The van der Waals surface area contributed by atoms with Gasteiger partial charge in [0, 0.05) is 12.3 Å². The molecule has 5 aliphatic rings. The van der Waals surface area contributed by atoms with E-state index in [0.717, 1.165) is 31.2 Å². The van der Waals surface area contributed by atoms with Crippen molar-refractivity contribution in [3.63, 3.8) is 0 Å². The lowest BCUT2D eigenvalue weighted by molar-refractivity contribution is -0.583. The van der Waals surface area contributed by atoms with Crippen LogP contribution in [0.15, 0.2) is 36.6 Å². The van der Waals surface area contributed by atoms with E-state index in [-0.39, 0.29) is 11.8 Å². The van der Waals surface area contributed by atoms with Crippen LogP contribution >= 0.6 is 0 Å². The van der Waals surface area contributed by atoms with E-state index in [1.807, 2.05) is 43.3 Å². The van der Waals surface area contributed by atoms with Crippen LogP contribution in [0.1, 0.15) is 52.0 Å². The van der Waals surface area contributed by atoms with Gasteiger partial charge >= 0.3 is 0 Å². The average molecular weight is 402 g/mol. The fourth-order valence-corrected chi connectivity index (χ4v) is 5.81. The maximum absolute atomic E-state index is 11.6. The van der Waals surface area contributed by atoms with Gasteiger partial charge in [-0.25, -0.2) is 9.78 Å². The summed E-state index contributed by atoms with van der Waals surface area (Å²) in [6.07, 6.45) is 5.42. The molecule has 1 saturated carbocycles. The predicted molar refractivity (Wildman–Crippen MR) is 105 cm³/mol. The highest BCUT2D eigenvalue weighted by atomic mass is 17.3. The van der Waals surface area contributed by atoms with Crippen molar-refractivity contribution in [2.45, 2.75) is 76.0 Å². The lowest BCUT2D eigenvalue weighted by Crippen LogP contribution is -2.75. The first-order valence-electron chi connectivity index (χ1n) is 10.6. The molecule has 158 valence electrons. The maximum atomic E-state index is 11.6. The zero-order valence-corrected chi connectivity index (χ0v) is 17.2. The van der Waals surface area contributed by atoms with Gasteiger partial charge in [0.15, 0.2) is 11.9 Å². The number of hydrogen-bond acceptors (Lipinski definition) is 6. The van der Waals surface area contributed by atoms with Crippen LogP contribution in [0.5, 0.6) is 0 Å². The third-order valence-corrected chi connectivity index (χ3v) is 7.41. The number of aliphatic hydroxyl groups is 1. The van der Waals surface area contributed by atoms with E-state index in [2.05, 4.69) is 6.92 Å². The molecule has 4 saturated heterocycles. The minimum atomic E-state index is -1.25. The molecule has 0 radical (unpaired) electrons. The summed E-state index contributed by atoms with van der Waals surface area (Å²) < 4.78 is 18.4. The predicted octanol–water partition coefficient (Wildman–Crippen LogP) is 4.00. The van der Waals surface area contributed by atoms with Gasteiger partial charge in [0.2, 0.25) is 12.1 Å². The molecule has 1 aliphatic carbocycles. The summed E-state index contributed by atoms with van der Waals surface area (Å²) in [6.45, 7) is 5.91. The Morgan fingerprint density at radius 2 is 1.90 bits per heavy atom. The van der Waals surface area contributed by atoms with Crippen LogP contribution < -0.4 is 0 Å². The monoisotopic (exact) mass is 402 g/mol. The van der Waals surface area contributed by atoms with Crippen molar-refractivity contribution in [3.8, 4) is 0 Å². The number of fused-ring (bicyclic) bond motifs is 2. The van der Waals surface area contributed by atoms with Gasteiger partial charge in [0.1, 0.15) is 5.60 Å². The summed E-state index contributed by atoms with van der Waals surface area (Å²) in [5, 5.41) is 11.6. The molecule has 6 nitrogen and oxygen atoms in total. The van der Waals surface area contributed by atoms with E-state index >= 15 is 0 Å². The highest BCUT2D eigenvalue weighted by molar-refractivity contribution is 5.47. The van der Waals surface area contributed by atoms with E-state index in [1.54, 1.807) is 13.2 Å². The largest absolute Gasteiger partial charge is 0.469 e. The third kappa shape index (κ3) is 2.96. The second kappa shape index (κ2) is 6.79. The molecule has 0 amide bonds. The summed E-state index contributed by atoms with van der Waals surface area (Å²) in [5.41, 5.74) is -1.05. The summed E-state index contributed by atoms with van der Waals surface area (Å²) in [6, 6.07) is 9.87. The van der Waals surface area contributed by atoms with Crippen LogP contribution in [-0.4, -0.2) is 34.7 Å². The Hall–Kier alpha value is -1.44. The maximum Gasteiger partial charge on any atom is 0.230 e. The quantitative estimate of drug-likeness (QED) is 0.609. The first-order valence-corrected chi connectivity index (χ1v) is 10.6. The molecule has 4 aliphatic heterocycles. The van der Waals surface area contributed by atoms with Crippen molar-refractivity contribution in [2.75, 3.05) is 0 Å². The van der Waals surface area contributed by atoms with Crippen LogP contribution in [-0.2, 0) is 24.0 Å². The molecule has 0 aromatic heterocycles. The molecule has 29 heavy (non-hydrogen) atoms. The Bertz CT molecular complexity index is 779. The summed E-state index contributed by atoms with van der Waals surface area (Å²) >= 11 is 0. The number of hydrogen-bond donors (Lipinski definition) is 1. The first-order chi connectivity index (χ1) is 13.9. The molecular weight excluding hydrogens is 372 g/mol. The Morgan fingerprint density at radius 1 is 1.10 bits per heavy atom. The van der Waals surface area contributed by atoms with E-state index in [1.165, 1.54) is 0 Å². The second-order valence-corrected chi connectivity index (χ2v) is 9.40. The molecule has 6 heteroatoms. The number of rotatable bonds is 3. The van der Waals surface area contributed by atoms with Gasteiger partial charge in [-0.3, -0.25) is 0 Å². The minimum Gasteiger partial charge on any atom is -0.469 e. The Balaban J connectivity index is 1.45. The van der Waals surface area contributed by atoms with Gasteiger partial charge in [0.25, 0.3) is 0 Å². The number of ether oxygens (including phenoxy) is 3. The molecule has 4 heterocycles. The molecule has 5 fully saturated rings. The van der Waals surface area contributed by atoms with Crippen molar-refractivity contribution < 1.29 is 29.1 Å². The van der Waals surface area contributed by atoms with Gasteiger partial charge in [-0.2, -0.15) is 0 Å². The average Bonchev–Trinajstić information content (AvgIpc) is 2.92. The zero-order valence-electron chi connectivity index (χ0n) is 17.2. The van der Waals surface area contributed by atoms with Crippen LogP contribution in [0.3, 0.4) is 0 Å². The highest BCUT2D eigenvalue weighted by Crippen LogP contribution is 2.61. The Kier molecular flexibility index (Phi) is 4.57. The van der Waals surface area contributed by atoms with Gasteiger partial charge in [-0.05, 0) is 56.6 Å². The standard InChI is InChI=1S/C23H30O6/c1-15-9-10-18-22(3,24)19(25-14-12-16-7-5-4-6-8-16)26-20-23(18)17(15)11-13-21(2,27-20)28-29-23/h4-8,12,14-15,17-20,24H,9-11,13H2,1-3H3/b14-12+/t15-,17+,18+,19?,20-,21+,22-,23-/m1/s1. The lowest BCUT2D eigenvalue weighted by Gasteiger charge is -2.62. The molecule has 1 N–H and O–H groups in total. The van der Waals surface area contributed by atoms with Crippen molar-refractivity contribution in [2.24, 2.45) is 17.8 Å². The normalized spacial score (nSPS) is 48.9. The lowest BCUT2D eigenvalue weighted by atomic mass is 9.57. The van der Waals surface area contributed by atoms with Crippen LogP contribution in [0.25, 0.3) is 6.08 Å². The number of benzene rings is 1. The minimum absolute atomic E-state index is 0.197. The second-order valence-electron chi connectivity index (χ2n) is 9.40. The molecule has 2 bridgehead atoms. The summed E-state index contributed by atoms with van der Waals surface area (Å²) in [4.78, 5) is 11.8. The van der Waals surface area contributed by atoms with Crippen molar-refractivity contribution >= 4 is 6.08 Å². The molecule has 6 rings (SSSR count). The molecule has 1 aromatic rings. The van der Waals surface area contributed by atoms with E-state index < -0.39 is 29.6 Å². The van der Waals surface area contributed by atoms with Crippen molar-refractivity contribution in [3.05, 3.63) is 42.2 Å². The first kappa shape index (κ1) is 19.5.